The molecule has 0 aromatic heterocycles. The van der Waals surface area contributed by atoms with Gasteiger partial charge in [0, 0.05) is 12.5 Å². The lowest BCUT2D eigenvalue weighted by atomic mass is 10.1. The topological polar surface area (TPSA) is 44.8 Å². The average Bonchev–Trinajstić information content (AvgIpc) is 2.73. The third-order valence-electron chi connectivity index (χ3n) is 4.25. The Morgan fingerprint density at radius 1 is 0.857 bits per heavy atom. The molecule has 0 saturated heterocycles. The first-order valence-corrected chi connectivity index (χ1v) is 9.25. The van der Waals surface area contributed by atoms with E-state index in [1.165, 1.54) is 12.7 Å². The largest absolute Gasteiger partial charge is 0.490 e. The van der Waals surface area contributed by atoms with Crippen LogP contribution in [0.1, 0.15) is 28.4 Å². The molecule has 0 fully saturated rings. The number of carbonyl (C=O) groups excluding carboxylic acids is 1. The van der Waals surface area contributed by atoms with E-state index in [1.54, 1.807) is 18.2 Å². The zero-order chi connectivity index (χ0) is 19.8. The van der Waals surface area contributed by atoms with Gasteiger partial charge in [-0.1, -0.05) is 60.7 Å². The molecule has 3 aromatic carbocycles. The first kappa shape index (κ1) is 19.5. The fourth-order valence-corrected chi connectivity index (χ4v) is 2.92. The maximum absolute atomic E-state index is 12.0. The third kappa shape index (κ3) is 5.61. The van der Waals surface area contributed by atoms with Crippen molar-refractivity contribution in [1.29, 1.82) is 0 Å². The number of esters is 1. The molecule has 3 aromatic rings. The Morgan fingerprint density at radius 3 is 2.11 bits per heavy atom. The maximum atomic E-state index is 12.0. The van der Waals surface area contributed by atoms with Gasteiger partial charge in [-0.2, -0.15) is 0 Å². The first-order chi connectivity index (χ1) is 13.6. The highest BCUT2D eigenvalue weighted by molar-refractivity contribution is 5.90. The van der Waals surface area contributed by atoms with Crippen LogP contribution in [0.5, 0.6) is 11.5 Å². The van der Waals surface area contributed by atoms with E-state index in [0.717, 1.165) is 12.0 Å². The monoisotopic (exact) mass is 376 g/mol. The summed E-state index contributed by atoms with van der Waals surface area (Å²) in [6.07, 6.45) is 0.709. The van der Waals surface area contributed by atoms with E-state index in [9.17, 15) is 4.79 Å². The van der Waals surface area contributed by atoms with E-state index in [1.807, 2.05) is 55.5 Å². The number of hydrogen-bond acceptors (Lipinski definition) is 4. The Kier molecular flexibility index (Phi) is 6.68. The van der Waals surface area contributed by atoms with Crippen molar-refractivity contribution in [2.45, 2.75) is 26.1 Å². The van der Waals surface area contributed by atoms with Gasteiger partial charge in [0.25, 0.3) is 0 Å². The first-order valence-electron chi connectivity index (χ1n) is 9.25. The standard InChI is InChI=1S/C24H24O4/c1-18(13-19-9-5-3-6-10-19)28-23-15-21(24(25)26-2)14-22(16-23)27-17-20-11-7-4-8-12-20/h3-12,14-16,18H,13,17H2,1-2H3/t18-/m0/s1. The van der Waals surface area contributed by atoms with E-state index in [2.05, 4.69) is 12.1 Å². The van der Waals surface area contributed by atoms with E-state index in [4.69, 9.17) is 14.2 Å². The van der Waals surface area contributed by atoms with Crippen molar-refractivity contribution in [3.8, 4) is 11.5 Å². The van der Waals surface area contributed by atoms with E-state index >= 15 is 0 Å². The van der Waals surface area contributed by atoms with Gasteiger partial charge in [0.15, 0.2) is 0 Å². The number of rotatable bonds is 8. The molecule has 3 rings (SSSR count). The molecule has 0 bridgehead atoms. The number of hydrogen-bond donors (Lipinski definition) is 0. The summed E-state index contributed by atoms with van der Waals surface area (Å²) in [7, 11) is 1.36. The molecular formula is C24H24O4. The molecule has 28 heavy (non-hydrogen) atoms. The van der Waals surface area contributed by atoms with Crippen LogP contribution in [0.2, 0.25) is 0 Å². The fraction of sp³-hybridized carbons (Fsp3) is 0.208. The summed E-state index contributed by atoms with van der Waals surface area (Å²) >= 11 is 0. The quantitative estimate of drug-likeness (QED) is 0.515. The molecule has 0 aliphatic carbocycles. The van der Waals surface area contributed by atoms with E-state index in [0.29, 0.717) is 23.7 Å². The highest BCUT2D eigenvalue weighted by atomic mass is 16.5. The van der Waals surface area contributed by atoms with Crippen molar-refractivity contribution >= 4 is 5.97 Å². The summed E-state index contributed by atoms with van der Waals surface area (Å²) in [6.45, 7) is 2.41. The summed E-state index contributed by atoms with van der Waals surface area (Å²) in [6, 6.07) is 25.2. The van der Waals surface area contributed by atoms with Crippen LogP contribution in [0.4, 0.5) is 0 Å². The van der Waals surface area contributed by atoms with Gasteiger partial charge in [0.05, 0.1) is 18.8 Å². The van der Waals surface area contributed by atoms with Crippen molar-refractivity contribution in [2.24, 2.45) is 0 Å². The lowest BCUT2D eigenvalue weighted by Crippen LogP contribution is -2.15. The molecule has 0 radical (unpaired) electrons. The van der Waals surface area contributed by atoms with Crippen LogP contribution in [0.15, 0.2) is 78.9 Å². The van der Waals surface area contributed by atoms with Gasteiger partial charge >= 0.3 is 5.97 Å². The van der Waals surface area contributed by atoms with Crippen molar-refractivity contribution < 1.29 is 19.0 Å². The lowest BCUT2D eigenvalue weighted by molar-refractivity contribution is 0.0599. The van der Waals surface area contributed by atoms with Crippen LogP contribution in [0, 0.1) is 0 Å². The van der Waals surface area contributed by atoms with Gasteiger partial charge in [0.1, 0.15) is 18.1 Å². The Balaban J connectivity index is 1.74. The van der Waals surface area contributed by atoms with E-state index < -0.39 is 5.97 Å². The fourth-order valence-electron chi connectivity index (χ4n) is 2.92. The average molecular weight is 376 g/mol. The summed E-state index contributed by atoms with van der Waals surface area (Å²) in [5.41, 5.74) is 2.64. The minimum atomic E-state index is -0.425. The Morgan fingerprint density at radius 2 is 1.46 bits per heavy atom. The molecule has 0 heterocycles. The van der Waals surface area contributed by atoms with Gasteiger partial charge < -0.3 is 14.2 Å². The number of methoxy groups -OCH3 is 1. The van der Waals surface area contributed by atoms with Crippen LogP contribution in [0.25, 0.3) is 0 Å². The van der Waals surface area contributed by atoms with E-state index in [-0.39, 0.29) is 6.10 Å². The predicted octanol–water partition coefficient (Wildman–Crippen LogP) is 5.06. The van der Waals surface area contributed by atoms with Gasteiger partial charge in [-0.05, 0) is 30.2 Å². The van der Waals surface area contributed by atoms with Gasteiger partial charge in [-0.25, -0.2) is 4.79 Å². The van der Waals surface area contributed by atoms with Gasteiger partial charge in [-0.15, -0.1) is 0 Å². The Bertz CT molecular complexity index is 891. The molecule has 0 unspecified atom stereocenters. The number of ether oxygens (including phenoxy) is 3. The molecule has 0 spiro atoms. The molecular weight excluding hydrogens is 352 g/mol. The van der Waals surface area contributed by atoms with Gasteiger partial charge in [-0.3, -0.25) is 0 Å². The maximum Gasteiger partial charge on any atom is 0.338 e. The molecule has 0 saturated carbocycles. The SMILES string of the molecule is COC(=O)c1cc(OCc2ccccc2)cc(O[C@@H](C)Cc2ccccc2)c1. The van der Waals surface area contributed by atoms with Gasteiger partial charge in [0.2, 0.25) is 0 Å². The number of benzene rings is 3. The molecule has 0 amide bonds. The lowest BCUT2D eigenvalue weighted by Gasteiger charge is -2.17. The molecule has 0 N–H and O–H groups in total. The van der Waals surface area contributed by atoms with Crippen LogP contribution in [-0.2, 0) is 17.8 Å². The Labute approximate surface area is 165 Å². The highest BCUT2D eigenvalue weighted by Crippen LogP contribution is 2.26. The molecule has 4 heteroatoms. The normalized spacial score (nSPS) is 11.5. The predicted molar refractivity (Wildman–Crippen MR) is 109 cm³/mol. The van der Waals surface area contributed by atoms with Crippen molar-refractivity contribution in [2.75, 3.05) is 7.11 Å². The summed E-state index contributed by atoms with van der Waals surface area (Å²) < 4.78 is 16.8. The molecule has 0 aliphatic rings. The molecule has 4 nitrogen and oxygen atoms in total. The second-order valence-corrected chi connectivity index (χ2v) is 6.58. The highest BCUT2D eigenvalue weighted by Gasteiger charge is 2.13. The molecule has 0 aliphatic heterocycles. The minimum absolute atomic E-state index is 0.0581. The zero-order valence-corrected chi connectivity index (χ0v) is 16.1. The smallest absolute Gasteiger partial charge is 0.338 e. The Hall–Kier alpha value is -3.27. The van der Waals surface area contributed by atoms with Crippen LogP contribution < -0.4 is 9.47 Å². The minimum Gasteiger partial charge on any atom is -0.490 e. The second kappa shape index (κ2) is 9.60. The third-order valence-corrected chi connectivity index (χ3v) is 4.25. The summed E-state index contributed by atoms with van der Waals surface area (Å²) in [4.78, 5) is 12.0. The van der Waals surface area contributed by atoms with Crippen molar-refractivity contribution in [3.63, 3.8) is 0 Å². The second-order valence-electron chi connectivity index (χ2n) is 6.58. The van der Waals surface area contributed by atoms with Crippen molar-refractivity contribution in [3.05, 3.63) is 95.6 Å². The number of carbonyl (C=O) groups is 1. The van der Waals surface area contributed by atoms with Crippen LogP contribution in [0.3, 0.4) is 0 Å². The van der Waals surface area contributed by atoms with Crippen molar-refractivity contribution in [1.82, 2.24) is 0 Å². The summed E-state index contributed by atoms with van der Waals surface area (Å²) in [5.74, 6) is 0.716. The molecule has 144 valence electrons. The summed E-state index contributed by atoms with van der Waals surface area (Å²) in [5, 5.41) is 0. The molecule has 1 atom stereocenters. The zero-order valence-electron chi connectivity index (χ0n) is 16.1. The van der Waals surface area contributed by atoms with Crippen LogP contribution >= 0.6 is 0 Å². The van der Waals surface area contributed by atoms with Crippen LogP contribution in [-0.4, -0.2) is 19.2 Å².